The molecule has 1 aliphatic heterocycles. The normalized spacial score (nSPS) is 14.4. The van der Waals surface area contributed by atoms with Crippen LogP contribution in [0.1, 0.15) is 48.3 Å². The van der Waals surface area contributed by atoms with Gasteiger partial charge in [0.1, 0.15) is 0 Å². The number of nitrogens with zero attached hydrogens (tertiary/aromatic N) is 6. The van der Waals surface area contributed by atoms with E-state index in [0.29, 0.717) is 48.6 Å². The lowest BCUT2D eigenvalue weighted by atomic mass is 10.0. The monoisotopic (exact) mass is 670 g/mol. The molecule has 47 heavy (non-hydrogen) atoms. The van der Waals surface area contributed by atoms with Crippen LogP contribution in [-0.2, 0) is 29.0 Å². The molecule has 1 amide bonds. The molecule has 1 N–H and O–H groups in total. The minimum Gasteiger partial charge on any atom is -0.475 e. The first-order valence-electron chi connectivity index (χ1n) is 15.0. The number of carboxylic acid groups (broad SMARTS) is 1. The lowest BCUT2D eigenvalue weighted by molar-refractivity contribution is -0.192. The standard InChI is InChI=1S/C30H32N6O3S.C2HF3O2/c1-34(29-32-26(33-39-29)19-21-9-4-2-5-10-21)17-16-27(37)35-18-15-25-24(20-35)28(38)36(22-11-6-3-7-12-22)30(31-25)40-23-13-8-14-23;3-2(4,5)1(6)7/h2-7,9-12,23H,8,13-20H2,1H3;(H,6,7). The summed E-state index contributed by atoms with van der Waals surface area (Å²) in [5, 5.41) is 12.5. The Labute approximate surface area is 272 Å². The van der Waals surface area contributed by atoms with Crippen LogP contribution in [0.2, 0.25) is 0 Å². The van der Waals surface area contributed by atoms with Gasteiger partial charge in [0.2, 0.25) is 5.91 Å². The van der Waals surface area contributed by atoms with Crippen molar-refractivity contribution < 1.29 is 32.4 Å². The molecule has 1 saturated carbocycles. The molecule has 248 valence electrons. The SMILES string of the molecule is CN(CCC(=O)N1CCc2nc(SC3CCC3)n(-c3ccccc3)c(=O)c2C1)c1nc(Cc2ccccc2)no1.O=C(O)C(F)(F)F. The van der Waals surface area contributed by atoms with Gasteiger partial charge in [-0.25, -0.2) is 9.78 Å². The zero-order valence-electron chi connectivity index (χ0n) is 25.5. The minimum atomic E-state index is -5.08. The number of amides is 1. The maximum absolute atomic E-state index is 13.8. The minimum absolute atomic E-state index is 0.0138. The van der Waals surface area contributed by atoms with E-state index in [1.54, 1.807) is 26.1 Å². The molecule has 2 aromatic carbocycles. The average molecular weight is 671 g/mol. The predicted molar refractivity (Wildman–Crippen MR) is 168 cm³/mol. The molecule has 2 aliphatic rings. The number of rotatable bonds is 9. The summed E-state index contributed by atoms with van der Waals surface area (Å²) in [7, 11) is 1.84. The van der Waals surface area contributed by atoms with E-state index in [-0.39, 0.29) is 24.4 Å². The van der Waals surface area contributed by atoms with Crippen molar-refractivity contribution in [3.63, 3.8) is 0 Å². The van der Waals surface area contributed by atoms with Crippen LogP contribution in [0.5, 0.6) is 0 Å². The van der Waals surface area contributed by atoms with Crippen molar-refractivity contribution >= 4 is 29.7 Å². The first-order chi connectivity index (χ1) is 22.5. The van der Waals surface area contributed by atoms with Crippen LogP contribution >= 0.6 is 11.8 Å². The van der Waals surface area contributed by atoms with Gasteiger partial charge in [-0.3, -0.25) is 14.2 Å². The number of carbonyl (C=O) groups is 2. The van der Waals surface area contributed by atoms with Crippen molar-refractivity contribution in [2.75, 3.05) is 25.0 Å². The van der Waals surface area contributed by atoms with Crippen molar-refractivity contribution in [2.45, 2.75) is 61.7 Å². The van der Waals surface area contributed by atoms with Crippen LogP contribution < -0.4 is 10.5 Å². The molecular weight excluding hydrogens is 637 g/mol. The van der Waals surface area contributed by atoms with Crippen molar-refractivity contribution in [2.24, 2.45) is 0 Å². The molecule has 3 heterocycles. The number of hydrogen-bond acceptors (Lipinski definition) is 9. The highest BCUT2D eigenvalue weighted by molar-refractivity contribution is 7.99. The largest absolute Gasteiger partial charge is 0.490 e. The Bertz CT molecular complexity index is 1750. The number of alkyl halides is 3. The number of hydrogen-bond donors (Lipinski definition) is 1. The van der Waals surface area contributed by atoms with Gasteiger partial charge in [0.05, 0.1) is 23.5 Å². The number of aromatic nitrogens is 4. The van der Waals surface area contributed by atoms with E-state index >= 15 is 0 Å². The van der Waals surface area contributed by atoms with E-state index in [1.165, 1.54) is 6.42 Å². The number of anilines is 1. The molecule has 1 fully saturated rings. The van der Waals surface area contributed by atoms with Gasteiger partial charge in [0.25, 0.3) is 5.56 Å². The van der Waals surface area contributed by atoms with Gasteiger partial charge in [-0.2, -0.15) is 18.2 Å². The number of carbonyl (C=O) groups excluding carboxylic acids is 1. The lowest BCUT2D eigenvalue weighted by Gasteiger charge is -2.30. The van der Waals surface area contributed by atoms with Gasteiger partial charge in [0, 0.05) is 44.6 Å². The van der Waals surface area contributed by atoms with E-state index in [4.69, 9.17) is 19.4 Å². The number of benzene rings is 2. The molecule has 6 rings (SSSR count). The predicted octanol–water partition coefficient (Wildman–Crippen LogP) is 4.90. The molecule has 0 saturated heterocycles. The number of para-hydroxylation sites is 1. The zero-order valence-corrected chi connectivity index (χ0v) is 26.3. The second-order valence-electron chi connectivity index (χ2n) is 11.2. The fourth-order valence-electron chi connectivity index (χ4n) is 4.96. The third-order valence-electron chi connectivity index (χ3n) is 7.78. The van der Waals surface area contributed by atoms with Gasteiger partial charge >= 0.3 is 18.2 Å². The van der Waals surface area contributed by atoms with Gasteiger partial charge < -0.3 is 19.4 Å². The third-order valence-corrected chi connectivity index (χ3v) is 9.07. The summed E-state index contributed by atoms with van der Waals surface area (Å²) in [6, 6.07) is 20.0. The smallest absolute Gasteiger partial charge is 0.475 e. The molecule has 0 unspecified atom stereocenters. The van der Waals surface area contributed by atoms with Gasteiger partial charge in [-0.15, -0.1) is 0 Å². The molecule has 11 nitrogen and oxygen atoms in total. The second-order valence-corrected chi connectivity index (χ2v) is 12.4. The number of halogens is 3. The Morgan fingerprint density at radius 1 is 1.06 bits per heavy atom. The Hall–Kier alpha value is -4.66. The third kappa shape index (κ3) is 8.58. The van der Waals surface area contributed by atoms with Crippen molar-refractivity contribution in [3.8, 4) is 5.69 Å². The number of thioether (sulfide) groups is 1. The number of aliphatic carboxylic acids is 1. The van der Waals surface area contributed by atoms with Crippen LogP contribution in [0.4, 0.5) is 19.2 Å². The highest BCUT2D eigenvalue weighted by Crippen LogP contribution is 2.36. The summed E-state index contributed by atoms with van der Waals surface area (Å²) < 4.78 is 38.9. The van der Waals surface area contributed by atoms with Gasteiger partial charge in [0.15, 0.2) is 11.0 Å². The molecule has 1 aliphatic carbocycles. The summed E-state index contributed by atoms with van der Waals surface area (Å²) in [4.78, 5) is 48.9. The molecule has 0 atom stereocenters. The van der Waals surface area contributed by atoms with Crippen LogP contribution in [0.3, 0.4) is 0 Å². The summed E-state index contributed by atoms with van der Waals surface area (Å²) in [6.07, 6.45) is -0.113. The topological polar surface area (TPSA) is 135 Å². The fourth-order valence-corrected chi connectivity index (χ4v) is 6.28. The molecule has 0 bridgehead atoms. The molecule has 15 heteroatoms. The highest BCUT2D eigenvalue weighted by atomic mass is 32.2. The molecule has 4 aromatic rings. The first kappa shape index (κ1) is 33.7. The number of carboxylic acids is 1. The molecular formula is C32H33F3N6O5S. The van der Waals surface area contributed by atoms with E-state index in [2.05, 4.69) is 10.1 Å². The molecule has 0 radical (unpaired) electrons. The van der Waals surface area contributed by atoms with E-state index in [0.717, 1.165) is 34.9 Å². The van der Waals surface area contributed by atoms with Crippen LogP contribution in [0.25, 0.3) is 5.69 Å². The Balaban J connectivity index is 0.000000559. The average Bonchev–Trinajstić information content (AvgIpc) is 3.50. The van der Waals surface area contributed by atoms with Crippen molar-refractivity contribution in [1.29, 1.82) is 0 Å². The number of fused-ring (bicyclic) bond motifs is 1. The molecule has 2 aromatic heterocycles. The van der Waals surface area contributed by atoms with Crippen molar-refractivity contribution in [3.05, 3.63) is 93.7 Å². The van der Waals surface area contributed by atoms with Crippen LogP contribution in [0, 0.1) is 0 Å². The lowest BCUT2D eigenvalue weighted by Crippen LogP contribution is -2.42. The Kier molecular flexibility index (Phi) is 10.6. The van der Waals surface area contributed by atoms with E-state index in [1.807, 2.05) is 67.7 Å². The maximum atomic E-state index is 13.8. The zero-order chi connectivity index (χ0) is 33.6. The van der Waals surface area contributed by atoms with E-state index < -0.39 is 12.1 Å². The second kappa shape index (κ2) is 14.8. The Morgan fingerprint density at radius 3 is 2.34 bits per heavy atom. The quantitative estimate of drug-likeness (QED) is 0.245. The Morgan fingerprint density at radius 2 is 1.72 bits per heavy atom. The van der Waals surface area contributed by atoms with Gasteiger partial charge in [-0.1, -0.05) is 71.9 Å². The summed E-state index contributed by atoms with van der Waals surface area (Å²) >= 11 is 1.70. The van der Waals surface area contributed by atoms with Crippen molar-refractivity contribution in [1.82, 2.24) is 24.6 Å². The first-order valence-corrected chi connectivity index (χ1v) is 15.9. The molecule has 0 spiro atoms. The van der Waals surface area contributed by atoms with Crippen LogP contribution in [-0.4, -0.2) is 73.1 Å². The highest BCUT2D eigenvalue weighted by Gasteiger charge is 2.38. The van der Waals surface area contributed by atoms with Gasteiger partial charge in [-0.05, 0) is 30.5 Å². The fraction of sp³-hybridized carbons (Fsp3) is 0.375. The van der Waals surface area contributed by atoms with Crippen LogP contribution in [0.15, 0.2) is 75.1 Å². The summed E-state index contributed by atoms with van der Waals surface area (Å²) in [5.74, 6) is -2.17. The summed E-state index contributed by atoms with van der Waals surface area (Å²) in [5.41, 5.74) is 3.26. The van der Waals surface area contributed by atoms with E-state index in [9.17, 15) is 22.8 Å². The summed E-state index contributed by atoms with van der Waals surface area (Å²) in [6.45, 7) is 1.25. The maximum Gasteiger partial charge on any atom is 0.490 e.